The monoisotopic (exact) mass is 356 g/mol. The summed E-state index contributed by atoms with van der Waals surface area (Å²) < 4.78 is 11.8. The van der Waals surface area contributed by atoms with E-state index in [0.29, 0.717) is 30.8 Å². The fourth-order valence-electron chi connectivity index (χ4n) is 2.27. The van der Waals surface area contributed by atoms with Crippen LogP contribution in [0.1, 0.15) is 32.8 Å². The number of nitrogens with one attached hydrogen (secondary N) is 2. The van der Waals surface area contributed by atoms with Crippen molar-refractivity contribution in [2.24, 2.45) is 4.99 Å². The number of pyridine rings is 1. The van der Waals surface area contributed by atoms with Gasteiger partial charge < -0.3 is 20.1 Å². The minimum atomic E-state index is 0.299. The van der Waals surface area contributed by atoms with Gasteiger partial charge in [-0.3, -0.25) is 4.99 Å². The first kappa shape index (κ1) is 19.6. The van der Waals surface area contributed by atoms with Gasteiger partial charge in [0.05, 0.1) is 6.61 Å². The summed E-state index contributed by atoms with van der Waals surface area (Å²) in [5.41, 5.74) is 0.935. The summed E-state index contributed by atoms with van der Waals surface area (Å²) in [5.74, 6) is 2.66. The highest BCUT2D eigenvalue weighted by molar-refractivity contribution is 5.79. The van der Waals surface area contributed by atoms with E-state index in [2.05, 4.69) is 41.4 Å². The third kappa shape index (κ3) is 5.95. The van der Waals surface area contributed by atoms with Gasteiger partial charge in [0.25, 0.3) is 0 Å². The third-order valence-corrected chi connectivity index (χ3v) is 3.46. The molecule has 2 aromatic rings. The van der Waals surface area contributed by atoms with Crippen molar-refractivity contribution in [3.63, 3.8) is 0 Å². The second kappa shape index (κ2) is 10.3. The molecule has 0 unspecified atom stereocenters. The van der Waals surface area contributed by atoms with Crippen molar-refractivity contribution in [2.45, 2.75) is 39.8 Å². The summed E-state index contributed by atoms with van der Waals surface area (Å²) in [6.07, 6.45) is 2.66. The minimum absolute atomic E-state index is 0.299. The largest absolute Gasteiger partial charge is 0.490 e. The molecule has 0 spiro atoms. The van der Waals surface area contributed by atoms with Gasteiger partial charge in [-0.1, -0.05) is 25.1 Å². The maximum atomic E-state index is 6.05. The number of aliphatic imine (C=N–C) groups is 1. The molecule has 1 aromatic carbocycles. The van der Waals surface area contributed by atoms with Crippen molar-refractivity contribution in [1.29, 1.82) is 0 Å². The van der Waals surface area contributed by atoms with E-state index < -0.39 is 0 Å². The first-order chi connectivity index (χ1) is 12.6. The van der Waals surface area contributed by atoms with E-state index in [1.54, 1.807) is 13.2 Å². The Labute approximate surface area is 155 Å². The van der Waals surface area contributed by atoms with Crippen LogP contribution in [0.25, 0.3) is 0 Å². The molecule has 1 aromatic heterocycles. The Morgan fingerprint density at radius 3 is 2.62 bits per heavy atom. The summed E-state index contributed by atoms with van der Waals surface area (Å²) in [6, 6.07) is 11.8. The molecular formula is C20H28N4O2. The number of guanidine groups is 1. The summed E-state index contributed by atoms with van der Waals surface area (Å²) in [6.45, 7) is 7.41. The van der Waals surface area contributed by atoms with E-state index in [1.807, 2.05) is 36.4 Å². The third-order valence-electron chi connectivity index (χ3n) is 3.46. The Balaban J connectivity index is 2.12. The summed E-state index contributed by atoms with van der Waals surface area (Å²) in [5, 5.41) is 6.54. The zero-order valence-corrected chi connectivity index (χ0v) is 16.0. The first-order valence-electron chi connectivity index (χ1n) is 8.94. The number of para-hydroxylation sites is 2. The quantitative estimate of drug-likeness (QED) is 0.557. The number of nitrogens with zero attached hydrogens (tertiary/aromatic N) is 2. The van der Waals surface area contributed by atoms with Crippen molar-refractivity contribution in [1.82, 2.24) is 15.6 Å². The molecule has 0 bridgehead atoms. The Hall–Kier alpha value is -2.76. The van der Waals surface area contributed by atoms with Crippen molar-refractivity contribution in [2.75, 3.05) is 13.7 Å². The van der Waals surface area contributed by atoms with Crippen LogP contribution in [0.4, 0.5) is 0 Å². The van der Waals surface area contributed by atoms with E-state index in [4.69, 9.17) is 9.47 Å². The first-order valence-corrected chi connectivity index (χ1v) is 8.94. The molecule has 0 aliphatic rings. The van der Waals surface area contributed by atoms with Crippen LogP contribution in [-0.2, 0) is 6.54 Å². The molecule has 26 heavy (non-hydrogen) atoms. The number of rotatable bonds is 8. The predicted molar refractivity (Wildman–Crippen MR) is 105 cm³/mol. The zero-order chi connectivity index (χ0) is 18.8. The second-order valence-corrected chi connectivity index (χ2v) is 6.09. The fraction of sp³-hybridized carbons (Fsp3) is 0.400. The Morgan fingerprint density at radius 1 is 1.15 bits per heavy atom. The molecule has 0 aliphatic carbocycles. The molecule has 0 saturated heterocycles. The molecule has 140 valence electrons. The molecule has 0 amide bonds. The summed E-state index contributed by atoms with van der Waals surface area (Å²) in [7, 11) is 1.75. The molecule has 0 fully saturated rings. The van der Waals surface area contributed by atoms with Crippen LogP contribution in [0.15, 0.2) is 47.6 Å². The predicted octanol–water partition coefficient (Wildman–Crippen LogP) is 3.74. The molecule has 2 rings (SSSR count). The van der Waals surface area contributed by atoms with Gasteiger partial charge in [-0.25, -0.2) is 4.98 Å². The average molecular weight is 356 g/mol. The van der Waals surface area contributed by atoms with E-state index in [1.165, 1.54) is 0 Å². The van der Waals surface area contributed by atoms with Gasteiger partial charge in [-0.2, -0.15) is 0 Å². The molecular weight excluding hydrogens is 328 g/mol. The molecule has 2 N–H and O–H groups in total. The highest BCUT2D eigenvalue weighted by atomic mass is 16.5. The molecule has 0 saturated carbocycles. The van der Waals surface area contributed by atoms with Crippen molar-refractivity contribution < 1.29 is 9.47 Å². The lowest BCUT2D eigenvalue weighted by molar-refractivity contribution is 0.300. The van der Waals surface area contributed by atoms with Crippen LogP contribution in [0, 0.1) is 0 Å². The molecule has 6 nitrogen and oxygen atoms in total. The van der Waals surface area contributed by atoms with Crippen molar-refractivity contribution in [3.05, 3.63) is 48.2 Å². The van der Waals surface area contributed by atoms with Gasteiger partial charge in [0, 0.05) is 31.4 Å². The van der Waals surface area contributed by atoms with E-state index in [9.17, 15) is 0 Å². The summed E-state index contributed by atoms with van der Waals surface area (Å²) >= 11 is 0. The van der Waals surface area contributed by atoms with Gasteiger partial charge in [0.2, 0.25) is 5.88 Å². The van der Waals surface area contributed by atoms with Crippen LogP contribution in [0.2, 0.25) is 0 Å². The number of benzene rings is 1. The number of hydrogen-bond donors (Lipinski definition) is 2. The summed E-state index contributed by atoms with van der Waals surface area (Å²) in [4.78, 5) is 8.60. The maximum absolute atomic E-state index is 6.05. The van der Waals surface area contributed by atoms with Gasteiger partial charge in [-0.15, -0.1) is 0 Å². The van der Waals surface area contributed by atoms with Crippen LogP contribution < -0.4 is 20.1 Å². The highest BCUT2D eigenvalue weighted by Crippen LogP contribution is 2.31. The Bertz CT molecular complexity index is 716. The lowest BCUT2D eigenvalue weighted by Crippen LogP contribution is -2.40. The van der Waals surface area contributed by atoms with Crippen LogP contribution in [0.3, 0.4) is 0 Å². The smallest absolute Gasteiger partial charge is 0.224 e. The van der Waals surface area contributed by atoms with Gasteiger partial charge in [0.1, 0.15) is 0 Å². The van der Waals surface area contributed by atoms with Gasteiger partial charge in [-0.05, 0) is 38.5 Å². The minimum Gasteiger partial charge on any atom is -0.490 e. The van der Waals surface area contributed by atoms with Gasteiger partial charge >= 0.3 is 0 Å². The normalized spacial score (nSPS) is 11.3. The fourth-order valence-corrected chi connectivity index (χ4v) is 2.27. The van der Waals surface area contributed by atoms with E-state index in [-0.39, 0.29) is 0 Å². The van der Waals surface area contributed by atoms with E-state index >= 15 is 0 Å². The lowest BCUT2D eigenvalue weighted by Gasteiger charge is -2.16. The van der Waals surface area contributed by atoms with Crippen LogP contribution in [-0.4, -0.2) is 30.6 Å². The number of hydrogen-bond acceptors (Lipinski definition) is 4. The molecule has 0 radical (unpaired) electrons. The maximum Gasteiger partial charge on any atom is 0.224 e. The second-order valence-electron chi connectivity index (χ2n) is 6.09. The van der Waals surface area contributed by atoms with Crippen LogP contribution in [0.5, 0.6) is 17.4 Å². The highest BCUT2D eigenvalue weighted by Gasteiger charge is 2.11. The molecule has 6 heteroatoms. The van der Waals surface area contributed by atoms with Crippen molar-refractivity contribution in [3.8, 4) is 17.4 Å². The standard InChI is InChI=1S/C20H28N4O2/c1-5-13-25-17-10-6-7-11-18(17)26-19-16(9-8-12-22-19)14-23-20(21-4)24-15(2)3/h6-12,15H,5,13-14H2,1-4H3,(H2,21,23,24). The Morgan fingerprint density at radius 2 is 1.92 bits per heavy atom. The molecule has 0 atom stereocenters. The van der Waals surface area contributed by atoms with Gasteiger partial charge in [0.15, 0.2) is 17.5 Å². The van der Waals surface area contributed by atoms with Crippen LogP contribution >= 0.6 is 0 Å². The van der Waals surface area contributed by atoms with E-state index in [0.717, 1.165) is 23.7 Å². The number of ether oxygens (including phenoxy) is 2. The molecule has 1 heterocycles. The zero-order valence-electron chi connectivity index (χ0n) is 16.0. The average Bonchev–Trinajstić information content (AvgIpc) is 2.65. The number of aromatic nitrogens is 1. The molecule has 0 aliphatic heterocycles. The lowest BCUT2D eigenvalue weighted by atomic mass is 10.2. The van der Waals surface area contributed by atoms with Crippen molar-refractivity contribution >= 4 is 5.96 Å². The SMILES string of the molecule is CCCOc1ccccc1Oc1ncccc1CNC(=NC)NC(C)C. The topological polar surface area (TPSA) is 67.8 Å². The Kier molecular flexibility index (Phi) is 7.74.